The van der Waals surface area contributed by atoms with Crippen LogP contribution in [0.3, 0.4) is 0 Å². The normalized spacial score (nSPS) is 9.86. The van der Waals surface area contributed by atoms with Gasteiger partial charge >= 0.3 is 5.69 Å². The van der Waals surface area contributed by atoms with E-state index in [1.807, 2.05) is 0 Å². The van der Waals surface area contributed by atoms with Gasteiger partial charge in [0.25, 0.3) is 0 Å². The summed E-state index contributed by atoms with van der Waals surface area (Å²) in [4.78, 5) is 20.6. The average molecular weight is 197 g/mol. The minimum absolute atomic E-state index is 0.123. The number of halogens is 1. The highest BCUT2D eigenvalue weighted by atomic mass is 19.1. The molecule has 0 aliphatic heterocycles. The van der Waals surface area contributed by atoms with Crippen LogP contribution in [0.4, 0.5) is 10.1 Å². The van der Waals surface area contributed by atoms with Crippen LogP contribution in [0, 0.1) is 15.9 Å². The molecule has 0 spiro atoms. The molecule has 1 aromatic carbocycles. The first-order chi connectivity index (χ1) is 6.57. The number of ketones is 1. The quantitative estimate of drug-likeness (QED) is 0.424. The number of hydrogen-bond donors (Lipinski definition) is 0. The van der Waals surface area contributed by atoms with Crippen molar-refractivity contribution in [3.05, 3.63) is 39.7 Å². The van der Waals surface area contributed by atoms with Crippen molar-refractivity contribution < 1.29 is 14.1 Å². The maximum absolute atomic E-state index is 13.3. The second-order valence-corrected chi connectivity index (χ2v) is 2.67. The summed E-state index contributed by atoms with van der Waals surface area (Å²) < 4.78 is 13.3. The third-order valence-electron chi connectivity index (χ3n) is 1.80. The molecule has 0 aliphatic rings. The molecule has 4 nitrogen and oxygen atoms in total. The lowest BCUT2D eigenvalue weighted by Crippen LogP contribution is -2.03. The van der Waals surface area contributed by atoms with Crippen LogP contribution in [-0.2, 0) is 0 Å². The van der Waals surface area contributed by atoms with Crippen molar-refractivity contribution in [2.75, 3.05) is 0 Å². The van der Waals surface area contributed by atoms with E-state index in [1.165, 1.54) is 12.1 Å². The summed E-state index contributed by atoms with van der Waals surface area (Å²) >= 11 is 0. The molecule has 14 heavy (non-hydrogen) atoms. The molecule has 1 rings (SSSR count). The van der Waals surface area contributed by atoms with Crippen LogP contribution in [0.15, 0.2) is 18.2 Å². The van der Waals surface area contributed by atoms with Crippen LogP contribution in [-0.4, -0.2) is 10.7 Å². The molecule has 0 heterocycles. The minimum atomic E-state index is -1.05. The summed E-state index contributed by atoms with van der Waals surface area (Å²) in [6.45, 7) is 1.57. The third kappa shape index (κ3) is 1.76. The van der Waals surface area contributed by atoms with Gasteiger partial charge < -0.3 is 0 Å². The maximum Gasteiger partial charge on any atom is 0.305 e. The lowest BCUT2D eigenvalue weighted by atomic mass is 10.1. The number of nitro benzene ring substituents is 1. The van der Waals surface area contributed by atoms with E-state index in [4.69, 9.17) is 0 Å². The van der Waals surface area contributed by atoms with Gasteiger partial charge in [0.1, 0.15) is 0 Å². The minimum Gasteiger partial charge on any atom is -0.294 e. The van der Waals surface area contributed by atoms with Crippen molar-refractivity contribution in [1.82, 2.24) is 0 Å². The Labute approximate surface area is 79.5 Å². The molecule has 74 valence electrons. The van der Waals surface area contributed by atoms with Crippen LogP contribution in [0.25, 0.3) is 0 Å². The van der Waals surface area contributed by atoms with E-state index < -0.39 is 22.2 Å². The summed E-state index contributed by atoms with van der Waals surface area (Å²) in [5.74, 6) is -1.49. The number of hydrogen-bond acceptors (Lipinski definition) is 3. The highest BCUT2D eigenvalue weighted by Crippen LogP contribution is 2.20. The molecule has 0 atom stereocenters. The number of nitro groups is 1. The van der Waals surface area contributed by atoms with E-state index in [0.717, 1.165) is 6.07 Å². The van der Waals surface area contributed by atoms with E-state index in [9.17, 15) is 19.3 Å². The Morgan fingerprint density at radius 2 is 2.21 bits per heavy atom. The van der Waals surface area contributed by atoms with Gasteiger partial charge in [0, 0.05) is 12.5 Å². The molecule has 0 saturated carbocycles. The van der Waals surface area contributed by atoms with Crippen LogP contribution in [0.1, 0.15) is 23.7 Å². The Balaban J connectivity index is 3.27. The van der Waals surface area contributed by atoms with Gasteiger partial charge in [-0.3, -0.25) is 14.9 Å². The van der Waals surface area contributed by atoms with E-state index in [2.05, 4.69) is 0 Å². The summed E-state index contributed by atoms with van der Waals surface area (Å²) in [6, 6.07) is 3.57. The molecule has 5 heteroatoms. The molecule has 0 N–H and O–H groups in total. The Kier molecular flexibility index (Phi) is 2.91. The molecule has 1 aromatic rings. The molecular formula is C9H8FNO3. The fraction of sp³-hybridized carbons (Fsp3) is 0.222. The molecule has 0 bridgehead atoms. The first-order valence-corrected chi connectivity index (χ1v) is 4.04. The van der Waals surface area contributed by atoms with Gasteiger partial charge in [-0.15, -0.1) is 0 Å². The van der Waals surface area contributed by atoms with Gasteiger partial charge in [-0.1, -0.05) is 13.0 Å². The fourth-order valence-corrected chi connectivity index (χ4v) is 1.07. The molecule has 0 unspecified atom stereocenters. The van der Waals surface area contributed by atoms with Crippen LogP contribution < -0.4 is 0 Å². The smallest absolute Gasteiger partial charge is 0.294 e. The van der Waals surface area contributed by atoms with Crippen molar-refractivity contribution in [3.8, 4) is 0 Å². The second kappa shape index (κ2) is 3.95. The third-order valence-corrected chi connectivity index (χ3v) is 1.80. The topological polar surface area (TPSA) is 60.2 Å². The Bertz CT molecular complexity index is 390. The first-order valence-electron chi connectivity index (χ1n) is 4.04. The molecule has 0 aromatic heterocycles. The van der Waals surface area contributed by atoms with E-state index in [1.54, 1.807) is 6.92 Å². The highest BCUT2D eigenvalue weighted by molar-refractivity contribution is 5.96. The zero-order chi connectivity index (χ0) is 10.7. The number of nitrogens with zero attached hydrogens (tertiary/aromatic N) is 1. The number of carbonyl (C=O) groups excluding carboxylic acids is 1. The van der Waals surface area contributed by atoms with Crippen LogP contribution in [0.5, 0.6) is 0 Å². The lowest BCUT2D eigenvalue weighted by molar-refractivity contribution is -0.387. The predicted molar refractivity (Wildman–Crippen MR) is 47.7 cm³/mol. The number of rotatable bonds is 3. The molecule has 0 saturated heterocycles. The number of carbonyl (C=O) groups is 1. The van der Waals surface area contributed by atoms with Crippen molar-refractivity contribution in [2.24, 2.45) is 0 Å². The number of benzene rings is 1. The highest BCUT2D eigenvalue weighted by Gasteiger charge is 2.20. The Morgan fingerprint density at radius 1 is 1.57 bits per heavy atom. The van der Waals surface area contributed by atoms with Crippen molar-refractivity contribution in [3.63, 3.8) is 0 Å². The Hall–Kier alpha value is -1.78. The maximum atomic E-state index is 13.3. The predicted octanol–water partition coefficient (Wildman–Crippen LogP) is 2.33. The molecule has 0 radical (unpaired) electrons. The average Bonchev–Trinajstić information content (AvgIpc) is 2.16. The van der Waals surface area contributed by atoms with Crippen molar-refractivity contribution >= 4 is 11.5 Å². The fourth-order valence-electron chi connectivity index (χ4n) is 1.07. The van der Waals surface area contributed by atoms with E-state index >= 15 is 0 Å². The van der Waals surface area contributed by atoms with Crippen LogP contribution >= 0.6 is 0 Å². The first kappa shape index (κ1) is 10.3. The van der Waals surface area contributed by atoms with Gasteiger partial charge in [0.2, 0.25) is 5.82 Å². The zero-order valence-electron chi connectivity index (χ0n) is 7.49. The summed E-state index contributed by atoms with van der Waals surface area (Å²) in [7, 11) is 0. The molecular weight excluding hydrogens is 189 g/mol. The van der Waals surface area contributed by atoms with Gasteiger partial charge in [-0.25, -0.2) is 0 Å². The lowest BCUT2D eigenvalue weighted by Gasteiger charge is -1.99. The summed E-state index contributed by atoms with van der Waals surface area (Å²) in [6.07, 6.45) is 0.123. The number of Topliss-reactive ketones (excluding diaryl/α,β-unsaturated/α-hetero) is 1. The molecule has 0 aliphatic carbocycles. The standard InChI is InChI=1S/C9H8FNO3/c1-2-8(12)6-4-3-5-7(9(6)10)11(13)14/h3-5H,2H2,1H3. The van der Waals surface area contributed by atoms with Crippen molar-refractivity contribution in [1.29, 1.82) is 0 Å². The second-order valence-electron chi connectivity index (χ2n) is 2.67. The van der Waals surface area contributed by atoms with Gasteiger partial charge in [-0.2, -0.15) is 4.39 Å². The summed E-state index contributed by atoms with van der Waals surface area (Å²) in [5.41, 5.74) is -0.883. The van der Waals surface area contributed by atoms with E-state index in [0.29, 0.717) is 0 Å². The van der Waals surface area contributed by atoms with Crippen molar-refractivity contribution in [2.45, 2.75) is 13.3 Å². The van der Waals surface area contributed by atoms with E-state index in [-0.39, 0.29) is 12.0 Å². The largest absolute Gasteiger partial charge is 0.305 e. The zero-order valence-corrected chi connectivity index (χ0v) is 7.49. The Morgan fingerprint density at radius 3 is 2.71 bits per heavy atom. The molecule has 0 fully saturated rings. The van der Waals surface area contributed by atoms with Crippen LogP contribution in [0.2, 0.25) is 0 Å². The SMILES string of the molecule is CCC(=O)c1cccc([N+](=O)[O-])c1F. The van der Waals surface area contributed by atoms with Gasteiger partial charge in [0.15, 0.2) is 5.78 Å². The van der Waals surface area contributed by atoms with Gasteiger partial charge in [-0.05, 0) is 6.07 Å². The monoisotopic (exact) mass is 197 g/mol. The van der Waals surface area contributed by atoms with Gasteiger partial charge in [0.05, 0.1) is 10.5 Å². The molecule has 0 amide bonds. The summed E-state index contributed by atoms with van der Waals surface area (Å²) in [5, 5.41) is 10.3.